The Balaban J connectivity index is 2.44. The first kappa shape index (κ1) is 16.9. The van der Waals surface area contributed by atoms with Gasteiger partial charge in [0.1, 0.15) is 0 Å². The van der Waals surface area contributed by atoms with E-state index in [0.717, 1.165) is 25.7 Å². The molecule has 1 unspecified atom stereocenters. The van der Waals surface area contributed by atoms with Gasteiger partial charge in [0.15, 0.2) is 0 Å². The summed E-state index contributed by atoms with van der Waals surface area (Å²) in [5.74, 6) is 1.49. The van der Waals surface area contributed by atoms with Gasteiger partial charge in [0.25, 0.3) is 0 Å². The molecular weight excluding hydrogens is 236 g/mol. The third-order valence-corrected chi connectivity index (χ3v) is 4.06. The third-order valence-electron chi connectivity index (χ3n) is 4.06. The van der Waals surface area contributed by atoms with Crippen molar-refractivity contribution in [2.75, 3.05) is 33.4 Å². The minimum atomic E-state index is 0.201. The van der Waals surface area contributed by atoms with Gasteiger partial charge in [-0.25, -0.2) is 0 Å². The fraction of sp³-hybridized carbons (Fsp3) is 1.00. The van der Waals surface area contributed by atoms with Gasteiger partial charge >= 0.3 is 0 Å². The highest BCUT2D eigenvalue weighted by atomic mass is 16.5. The lowest BCUT2D eigenvalue weighted by Gasteiger charge is -2.37. The predicted octanol–water partition coefficient (Wildman–Crippen LogP) is 2.76. The molecule has 1 atom stereocenters. The minimum Gasteiger partial charge on any atom is -0.381 e. The van der Waals surface area contributed by atoms with E-state index in [0.29, 0.717) is 12.0 Å². The summed E-state index contributed by atoms with van der Waals surface area (Å²) in [6.45, 7) is 15.6. The Morgan fingerprint density at radius 2 is 1.79 bits per heavy atom. The molecule has 1 rings (SSSR count). The average molecular weight is 270 g/mol. The summed E-state index contributed by atoms with van der Waals surface area (Å²) in [4.78, 5) is 2.55. The van der Waals surface area contributed by atoms with E-state index in [1.165, 1.54) is 19.4 Å². The van der Waals surface area contributed by atoms with Crippen molar-refractivity contribution in [1.82, 2.24) is 10.2 Å². The summed E-state index contributed by atoms with van der Waals surface area (Å²) in [7, 11) is 2.28. The number of ether oxygens (including phenoxy) is 1. The second kappa shape index (κ2) is 7.61. The molecule has 0 aliphatic carbocycles. The molecule has 0 radical (unpaired) electrons. The van der Waals surface area contributed by atoms with E-state index >= 15 is 0 Å². The highest BCUT2D eigenvalue weighted by Gasteiger charge is 2.24. The second-order valence-electron chi connectivity index (χ2n) is 7.44. The Morgan fingerprint density at radius 3 is 2.26 bits per heavy atom. The molecule has 0 aromatic carbocycles. The van der Waals surface area contributed by atoms with E-state index in [2.05, 4.69) is 51.9 Å². The van der Waals surface area contributed by atoms with Crippen LogP contribution >= 0.6 is 0 Å². The number of rotatable bonds is 6. The first-order valence-corrected chi connectivity index (χ1v) is 7.82. The third kappa shape index (κ3) is 6.73. The lowest BCUT2D eigenvalue weighted by atomic mass is 9.96. The largest absolute Gasteiger partial charge is 0.381 e. The first-order valence-electron chi connectivity index (χ1n) is 7.82. The molecule has 3 nitrogen and oxygen atoms in total. The lowest BCUT2D eigenvalue weighted by molar-refractivity contribution is 0.0459. The molecular formula is C16H34N2O. The summed E-state index contributed by atoms with van der Waals surface area (Å²) in [6, 6.07) is 0.613. The van der Waals surface area contributed by atoms with Crippen LogP contribution in [-0.4, -0.2) is 49.8 Å². The van der Waals surface area contributed by atoms with Gasteiger partial charge in [-0.15, -0.1) is 0 Å². The SMILES string of the molecule is CC(C)C(CNC(C)(C)C)N(C)CC1CCOCC1. The maximum Gasteiger partial charge on any atom is 0.0469 e. The van der Waals surface area contributed by atoms with Crippen molar-refractivity contribution in [3.8, 4) is 0 Å². The van der Waals surface area contributed by atoms with Crippen LogP contribution in [0.3, 0.4) is 0 Å². The smallest absolute Gasteiger partial charge is 0.0469 e. The van der Waals surface area contributed by atoms with Crippen molar-refractivity contribution >= 4 is 0 Å². The highest BCUT2D eigenvalue weighted by Crippen LogP contribution is 2.19. The molecule has 0 bridgehead atoms. The number of likely N-dealkylation sites (N-methyl/N-ethyl adjacent to an activating group) is 1. The van der Waals surface area contributed by atoms with Crippen molar-refractivity contribution in [2.24, 2.45) is 11.8 Å². The van der Waals surface area contributed by atoms with Crippen LogP contribution in [0.1, 0.15) is 47.5 Å². The zero-order valence-corrected chi connectivity index (χ0v) is 13.8. The topological polar surface area (TPSA) is 24.5 Å². The van der Waals surface area contributed by atoms with Gasteiger partial charge in [0.05, 0.1) is 0 Å². The Labute approximate surface area is 120 Å². The van der Waals surface area contributed by atoms with Crippen molar-refractivity contribution in [3.63, 3.8) is 0 Å². The molecule has 1 N–H and O–H groups in total. The molecule has 1 fully saturated rings. The van der Waals surface area contributed by atoms with Gasteiger partial charge in [0, 0.05) is 37.9 Å². The molecule has 1 aliphatic rings. The molecule has 0 amide bonds. The molecule has 3 heteroatoms. The monoisotopic (exact) mass is 270 g/mol. The number of nitrogens with one attached hydrogen (secondary N) is 1. The Hall–Kier alpha value is -0.120. The van der Waals surface area contributed by atoms with E-state index in [1.807, 2.05) is 0 Å². The van der Waals surface area contributed by atoms with E-state index in [-0.39, 0.29) is 5.54 Å². The van der Waals surface area contributed by atoms with E-state index in [9.17, 15) is 0 Å². The Bertz CT molecular complexity index is 242. The molecule has 1 saturated heterocycles. The molecule has 1 aliphatic heterocycles. The molecule has 0 spiro atoms. The Morgan fingerprint density at radius 1 is 1.21 bits per heavy atom. The first-order chi connectivity index (χ1) is 8.79. The van der Waals surface area contributed by atoms with Crippen LogP contribution in [-0.2, 0) is 4.74 Å². The average Bonchev–Trinajstić information content (AvgIpc) is 2.28. The van der Waals surface area contributed by atoms with Crippen LogP contribution in [0.5, 0.6) is 0 Å². The predicted molar refractivity (Wildman–Crippen MR) is 82.6 cm³/mol. The summed E-state index contributed by atoms with van der Waals surface area (Å²) >= 11 is 0. The molecule has 0 aromatic heterocycles. The standard InChI is InChI=1S/C16H34N2O/c1-13(2)15(11-17-16(3,4)5)18(6)12-14-7-9-19-10-8-14/h13-15,17H,7-12H2,1-6H3. The zero-order chi connectivity index (χ0) is 14.5. The van der Waals surface area contributed by atoms with Gasteiger partial charge in [-0.1, -0.05) is 13.8 Å². The molecule has 114 valence electrons. The van der Waals surface area contributed by atoms with Gasteiger partial charge in [0.2, 0.25) is 0 Å². The maximum absolute atomic E-state index is 5.45. The lowest BCUT2D eigenvalue weighted by Crippen LogP contribution is -2.50. The quantitative estimate of drug-likeness (QED) is 0.803. The van der Waals surface area contributed by atoms with Crippen molar-refractivity contribution in [3.05, 3.63) is 0 Å². The van der Waals surface area contributed by atoms with Crippen molar-refractivity contribution in [1.29, 1.82) is 0 Å². The second-order valence-corrected chi connectivity index (χ2v) is 7.44. The highest BCUT2D eigenvalue weighted by molar-refractivity contribution is 4.81. The van der Waals surface area contributed by atoms with E-state index in [4.69, 9.17) is 4.74 Å². The van der Waals surface area contributed by atoms with Gasteiger partial charge in [-0.05, 0) is 52.5 Å². The van der Waals surface area contributed by atoms with Crippen molar-refractivity contribution in [2.45, 2.75) is 59.0 Å². The van der Waals surface area contributed by atoms with Crippen LogP contribution < -0.4 is 5.32 Å². The summed E-state index contributed by atoms with van der Waals surface area (Å²) in [6.07, 6.45) is 2.45. The minimum absolute atomic E-state index is 0.201. The number of hydrogen-bond acceptors (Lipinski definition) is 3. The summed E-state index contributed by atoms with van der Waals surface area (Å²) < 4.78 is 5.45. The summed E-state index contributed by atoms with van der Waals surface area (Å²) in [5, 5.41) is 3.66. The molecule has 1 heterocycles. The van der Waals surface area contributed by atoms with Crippen LogP contribution in [0.4, 0.5) is 0 Å². The van der Waals surface area contributed by atoms with Gasteiger partial charge in [-0.2, -0.15) is 0 Å². The van der Waals surface area contributed by atoms with Crippen LogP contribution in [0.25, 0.3) is 0 Å². The Kier molecular flexibility index (Phi) is 6.78. The van der Waals surface area contributed by atoms with Gasteiger partial charge in [-0.3, -0.25) is 0 Å². The normalized spacial score (nSPS) is 20.2. The van der Waals surface area contributed by atoms with E-state index < -0.39 is 0 Å². The maximum atomic E-state index is 5.45. The van der Waals surface area contributed by atoms with Crippen LogP contribution in [0.15, 0.2) is 0 Å². The van der Waals surface area contributed by atoms with Crippen LogP contribution in [0.2, 0.25) is 0 Å². The van der Waals surface area contributed by atoms with E-state index in [1.54, 1.807) is 0 Å². The van der Waals surface area contributed by atoms with Gasteiger partial charge < -0.3 is 15.0 Å². The fourth-order valence-corrected chi connectivity index (χ4v) is 2.78. The molecule has 19 heavy (non-hydrogen) atoms. The summed E-state index contributed by atoms with van der Waals surface area (Å²) in [5.41, 5.74) is 0.201. The van der Waals surface area contributed by atoms with Crippen LogP contribution in [0, 0.1) is 11.8 Å². The molecule has 0 aromatic rings. The van der Waals surface area contributed by atoms with Crippen molar-refractivity contribution < 1.29 is 4.74 Å². The zero-order valence-electron chi connectivity index (χ0n) is 13.8. The molecule has 0 saturated carbocycles. The number of nitrogens with zero attached hydrogens (tertiary/aromatic N) is 1. The number of hydrogen-bond donors (Lipinski definition) is 1. The fourth-order valence-electron chi connectivity index (χ4n) is 2.78.